The fraction of sp³-hybridized carbons (Fsp3) is 0.889. The molecule has 0 spiro atoms. The molecule has 62 valence electrons. The Hall–Kier alpha value is -0.0400. The van der Waals surface area contributed by atoms with Crippen molar-refractivity contribution in [2.45, 2.75) is 38.5 Å². The zero-order valence-electron chi connectivity index (χ0n) is 6.61. The lowest BCUT2D eigenvalue weighted by molar-refractivity contribution is -0.121. The maximum Gasteiger partial charge on any atom is 0.227 e. The minimum Gasteiger partial charge on any atom is -0.281 e. The normalized spacial score (nSPS) is 42.5. The van der Waals surface area contributed by atoms with Gasteiger partial charge in [0.2, 0.25) is 5.24 Å². The lowest BCUT2D eigenvalue weighted by Crippen LogP contribution is -2.27. The third kappa shape index (κ3) is 1.10. The first-order valence-corrected chi connectivity index (χ1v) is 4.81. The van der Waals surface area contributed by atoms with Gasteiger partial charge in [-0.25, -0.2) is 0 Å². The van der Waals surface area contributed by atoms with Crippen LogP contribution in [0.4, 0.5) is 0 Å². The summed E-state index contributed by atoms with van der Waals surface area (Å²) in [5, 5.41) is -0.0697. The molecule has 2 aliphatic carbocycles. The van der Waals surface area contributed by atoms with Crippen molar-refractivity contribution in [3.63, 3.8) is 0 Å². The number of hydrogen-bond donors (Lipinski definition) is 0. The molecule has 0 radical (unpaired) electrons. The molecular formula is C9H13ClO. The van der Waals surface area contributed by atoms with Gasteiger partial charge >= 0.3 is 0 Å². The Morgan fingerprint density at radius 2 is 2.18 bits per heavy atom. The van der Waals surface area contributed by atoms with E-state index in [2.05, 4.69) is 0 Å². The van der Waals surface area contributed by atoms with Crippen LogP contribution in [0, 0.1) is 11.3 Å². The largest absolute Gasteiger partial charge is 0.281 e. The van der Waals surface area contributed by atoms with Crippen molar-refractivity contribution in [3.05, 3.63) is 0 Å². The topological polar surface area (TPSA) is 17.1 Å². The van der Waals surface area contributed by atoms with E-state index < -0.39 is 0 Å². The number of fused-ring (bicyclic) bond motifs is 2. The highest BCUT2D eigenvalue weighted by Gasteiger charge is 2.46. The molecule has 2 rings (SSSR count). The first-order chi connectivity index (χ1) is 5.23. The van der Waals surface area contributed by atoms with Gasteiger partial charge in [0, 0.05) is 5.41 Å². The SMILES string of the molecule is O=C(Cl)C12CCCC(CC1)C2. The molecule has 0 aromatic heterocycles. The van der Waals surface area contributed by atoms with Crippen molar-refractivity contribution in [1.82, 2.24) is 0 Å². The van der Waals surface area contributed by atoms with Crippen LogP contribution in [0.3, 0.4) is 0 Å². The summed E-state index contributed by atoms with van der Waals surface area (Å²) in [5.74, 6) is 0.812. The lowest BCUT2D eigenvalue weighted by Gasteiger charge is -2.28. The second-order valence-corrected chi connectivity index (χ2v) is 4.40. The van der Waals surface area contributed by atoms with E-state index in [1.54, 1.807) is 0 Å². The molecule has 1 nitrogen and oxygen atoms in total. The average molecular weight is 173 g/mol. The van der Waals surface area contributed by atoms with Gasteiger partial charge in [-0.3, -0.25) is 4.79 Å². The number of hydrogen-bond acceptors (Lipinski definition) is 1. The minimum atomic E-state index is -0.0789. The van der Waals surface area contributed by atoms with Crippen LogP contribution in [0.1, 0.15) is 38.5 Å². The number of rotatable bonds is 1. The van der Waals surface area contributed by atoms with E-state index in [0.717, 1.165) is 25.2 Å². The molecule has 0 aliphatic heterocycles. The van der Waals surface area contributed by atoms with E-state index in [-0.39, 0.29) is 10.7 Å². The number of carbonyl (C=O) groups excluding carboxylic acids is 1. The standard InChI is InChI=1S/C9H13ClO/c10-8(11)9-4-1-2-7(6-9)3-5-9/h7H,1-6H2. The Labute approximate surface area is 72.1 Å². The first kappa shape index (κ1) is 7.60. The summed E-state index contributed by atoms with van der Waals surface area (Å²) in [6.07, 6.45) is 6.95. The Bertz CT molecular complexity index is 186. The van der Waals surface area contributed by atoms with Gasteiger partial charge in [0.05, 0.1) is 0 Å². The molecule has 2 bridgehead atoms. The Kier molecular flexibility index (Phi) is 1.71. The zero-order chi connectivity index (χ0) is 7.90. The number of halogens is 1. The van der Waals surface area contributed by atoms with Crippen LogP contribution in [0.15, 0.2) is 0 Å². The van der Waals surface area contributed by atoms with Crippen molar-refractivity contribution in [2.24, 2.45) is 11.3 Å². The van der Waals surface area contributed by atoms with Crippen LogP contribution < -0.4 is 0 Å². The predicted octanol–water partition coefficient (Wildman–Crippen LogP) is 2.72. The minimum absolute atomic E-state index is 0.0697. The highest BCUT2D eigenvalue weighted by Crippen LogP contribution is 2.52. The van der Waals surface area contributed by atoms with Crippen molar-refractivity contribution >= 4 is 16.8 Å². The third-order valence-electron chi connectivity index (χ3n) is 3.40. The van der Waals surface area contributed by atoms with Crippen molar-refractivity contribution in [3.8, 4) is 0 Å². The van der Waals surface area contributed by atoms with Gasteiger partial charge in [-0.15, -0.1) is 0 Å². The van der Waals surface area contributed by atoms with E-state index in [0.29, 0.717) is 0 Å². The maximum atomic E-state index is 11.1. The summed E-state index contributed by atoms with van der Waals surface area (Å²) in [6, 6.07) is 0. The molecule has 2 unspecified atom stereocenters. The summed E-state index contributed by atoms with van der Waals surface area (Å²) in [5.41, 5.74) is -0.0789. The van der Waals surface area contributed by atoms with Crippen LogP contribution in [-0.4, -0.2) is 5.24 Å². The van der Waals surface area contributed by atoms with Crippen LogP contribution in [0.5, 0.6) is 0 Å². The molecule has 0 saturated heterocycles. The zero-order valence-corrected chi connectivity index (χ0v) is 7.36. The van der Waals surface area contributed by atoms with E-state index in [1.807, 2.05) is 0 Å². The third-order valence-corrected chi connectivity index (χ3v) is 3.80. The summed E-state index contributed by atoms with van der Waals surface area (Å²) in [7, 11) is 0. The molecule has 2 aliphatic rings. The molecule has 2 fully saturated rings. The van der Waals surface area contributed by atoms with Gasteiger partial charge in [0.1, 0.15) is 0 Å². The predicted molar refractivity (Wildman–Crippen MR) is 44.5 cm³/mol. The molecule has 2 heteroatoms. The highest BCUT2D eigenvalue weighted by molar-refractivity contribution is 6.64. The van der Waals surface area contributed by atoms with E-state index in [9.17, 15) is 4.79 Å². The molecule has 0 amide bonds. The van der Waals surface area contributed by atoms with Crippen molar-refractivity contribution in [1.29, 1.82) is 0 Å². The Balaban J connectivity index is 2.19. The van der Waals surface area contributed by atoms with Gasteiger partial charge in [0.15, 0.2) is 0 Å². The molecule has 0 N–H and O–H groups in total. The Morgan fingerprint density at radius 1 is 1.36 bits per heavy atom. The Morgan fingerprint density at radius 3 is 2.82 bits per heavy atom. The molecule has 11 heavy (non-hydrogen) atoms. The molecule has 2 saturated carbocycles. The van der Waals surface area contributed by atoms with Gasteiger partial charge in [-0.1, -0.05) is 12.8 Å². The molecule has 0 aromatic carbocycles. The highest BCUT2D eigenvalue weighted by atomic mass is 35.5. The van der Waals surface area contributed by atoms with Gasteiger partial charge in [0.25, 0.3) is 0 Å². The van der Waals surface area contributed by atoms with Crippen molar-refractivity contribution in [2.75, 3.05) is 0 Å². The van der Waals surface area contributed by atoms with Crippen LogP contribution in [0.2, 0.25) is 0 Å². The van der Waals surface area contributed by atoms with Crippen LogP contribution >= 0.6 is 11.6 Å². The van der Waals surface area contributed by atoms with Gasteiger partial charge < -0.3 is 0 Å². The first-order valence-electron chi connectivity index (χ1n) is 4.43. The smallest absolute Gasteiger partial charge is 0.227 e. The monoisotopic (exact) mass is 172 g/mol. The number of carbonyl (C=O) groups is 1. The summed E-state index contributed by atoms with van der Waals surface area (Å²) >= 11 is 5.60. The molecular weight excluding hydrogens is 160 g/mol. The van der Waals surface area contributed by atoms with Gasteiger partial charge in [-0.2, -0.15) is 0 Å². The van der Waals surface area contributed by atoms with Crippen LogP contribution in [-0.2, 0) is 4.79 Å². The summed E-state index contributed by atoms with van der Waals surface area (Å²) in [4.78, 5) is 11.1. The van der Waals surface area contributed by atoms with Crippen molar-refractivity contribution < 1.29 is 4.79 Å². The van der Waals surface area contributed by atoms with Gasteiger partial charge in [-0.05, 0) is 43.2 Å². The van der Waals surface area contributed by atoms with Crippen LogP contribution in [0.25, 0.3) is 0 Å². The lowest BCUT2D eigenvalue weighted by atomic mass is 9.77. The second kappa shape index (κ2) is 2.48. The molecule has 0 aromatic rings. The second-order valence-electron chi connectivity index (χ2n) is 4.06. The molecule has 0 heterocycles. The fourth-order valence-electron chi connectivity index (χ4n) is 2.72. The molecule has 2 atom stereocenters. The van der Waals surface area contributed by atoms with E-state index >= 15 is 0 Å². The van der Waals surface area contributed by atoms with E-state index in [1.165, 1.54) is 19.3 Å². The average Bonchev–Trinajstić information content (AvgIpc) is 2.29. The maximum absolute atomic E-state index is 11.1. The summed E-state index contributed by atoms with van der Waals surface area (Å²) < 4.78 is 0. The van der Waals surface area contributed by atoms with E-state index in [4.69, 9.17) is 11.6 Å². The quantitative estimate of drug-likeness (QED) is 0.556. The fourth-order valence-corrected chi connectivity index (χ4v) is 2.98. The summed E-state index contributed by atoms with van der Waals surface area (Å²) in [6.45, 7) is 0.